The second kappa shape index (κ2) is 3.50. The summed E-state index contributed by atoms with van der Waals surface area (Å²) in [7, 11) is 1.99. The largest absolute Gasteiger partial charge is 0.392 e. The van der Waals surface area contributed by atoms with Crippen LogP contribution < -0.4 is 0 Å². The zero-order chi connectivity index (χ0) is 9.26. The Hall–Kier alpha value is -0.830. The Kier molecular flexibility index (Phi) is 2.36. The van der Waals surface area contributed by atoms with Crippen LogP contribution in [0.5, 0.6) is 0 Å². The molecule has 0 spiro atoms. The predicted molar refractivity (Wildman–Crippen MR) is 50.4 cm³/mol. The third-order valence-electron chi connectivity index (χ3n) is 2.92. The number of nitrogens with zero attached hydrogens (tertiary/aromatic N) is 2. The molecule has 1 saturated carbocycles. The summed E-state index contributed by atoms with van der Waals surface area (Å²) in [5, 5.41) is 9.81. The van der Waals surface area contributed by atoms with Gasteiger partial charge in [0.2, 0.25) is 0 Å². The van der Waals surface area contributed by atoms with Crippen LogP contribution in [-0.2, 0) is 7.05 Å². The van der Waals surface area contributed by atoms with Gasteiger partial charge in [-0.25, -0.2) is 4.98 Å². The van der Waals surface area contributed by atoms with Gasteiger partial charge in [-0.1, -0.05) is 12.8 Å². The maximum Gasteiger partial charge on any atom is 0.114 e. The van der Waals surface area contributed by atoms with Crippen LogP contribution in [0.4, 0.5) is 0 Å². The van der Waals surface area contributed by atoms with Crippen LogP contribution in [0.2, 0.25) is 0 Å². The second-order valence-corrected chi connectivity index (χ2v) is 3.85. The van der Waals surface area contributed by atoms with E-state index >= 15 is 0 Å². The Morgan fingerprint density at radius 2 is 2.23 bits per heavy atom. The molecule has 1 aliphatic carbocycles. The Morgan fingerprint density at radius 1 is 1.46 bits per heavy atom. The molecule has 1 heterocycles. The van der Waals surface area contributed by atoms with Crippen molar-refractivity contribution in [1.29, 1.82) is 0 Å². The van der Waals surface area contributed by atoms with E-state index in [1.165, 1.54) is 6.42 Å². The van der Waals surface area contributed by atoms with E-state index in [1.807, 2.05) is 17.8 Å². The highest BCUT2D eigenvalue weighted by atomic mass is 16.3. The van der Waals surface area contributed by atoms with E-state index in [-0.39, 0.29) is 12.0 Å². The lowest BCUT2D eigenvalue weighted by atomic mass is 9.86. The van der Waals surface area contributed by atoms with Crippen molar-refractivity contribution in [2.24, 2.45) is 7.05 Å². The average molecular weight is 180 g/mol. The molecular formula is C10H16N2O. The molecule has 1 aromatic rings. The lowest BCUT2D eigenvalue weighted by molar-refractivity contribution is 0.101. The molecule has 0 saturated heterocycles. The maximum absolute atomic E-state index is 9.81. The minimum atomic E-state index is -0.185. The van der Waals surface area contributed by atoms with Gasteiger partial charge < -0.3 is 9.67 Å². The van der Waals surface area contributed by atoms with Crippen LogP contribution in [0.3, 0.4) is 0 Å². The zero-order valence-electron chi connectivity index (χ0n) is 7.98. The van der Waals surface area contributed by atoms with Crippen molar-refractivity contribution in [3.63, 3.8) is 0 Å². The van der Waals surface area contributed by atoms with Crippen molar-refractivity contribution >= 4 is 0 Å². The normalized spacial score (nSPS) is 29.1. The minimum absolute atomic E-state index is 0.185. The Labute approximate surface area is 78.4 Å². The number of hydrogen-bond donors (Lipinski definition) is 1. The van der Waals surface area contributed by atoms with Gasteiger partial charge in [0.25, 0.3) is 0 Å². The number of hydrogen-bond acceptors (Lipinski definition) is 2. The smallest absolute Gasteiger partial charge is 0.114 e. The van der Waals surface area contributed by atoms with Crippen molar-refractivity contribution in [3.05, 3.63) is 18.2 Å². The number of aliphatic hydroxyl groups excluding tert-OH is 1. The third kappa shape index (κ3) is 1.61. The first-order valence-corrected chi connectivity index (χ1v) is 4.94. The summed E-state index contributed by atoms with van der Waals surface area (Å²) < 4.78 is 2.01. The van der Waals surface area contributed by atoms with Crippen LogP contribution >= 0.6 is 0 Å². The predicted octanol–water partition coefficient (Wildman–Crippen LogP) is 1.44. The highest BCUT2D eigenvalue weighted by molar-refractivity contribution is 5.03. The van der Waals surface area contributed by atoms with Gasteiger partial charge >= 0.3 is 0 Å². The average Bonchev–Trinajstić information content (AvgIpc) is 2.52. The molecule has 0 radical (unpaired) electrons. The first-order chi connectivity index (χ1) is 6.29. The first kappa shape index (κ1) is 8.75. The van der Waals surface area contributed by atoms with Crippen LogP contribution in [0.1, 0.15) is 37.4 Å². The van der Waals surface area contributed by atoms with E-state index in [4.69, 9.17) is 0 Å². The summed E-state index contributed by atoms with van der Waals surface area (Å²) in [4.78, 5) is 4.29. The summed E-state index contributed by atoms with van der Waals surface area (Å²) in [5.41, 5.74) is 0. The molecule has 3 heteroatoms. The van der Waals surface area contributed by atoms with E-state index in [9.17, 15) is 5.11 Å². The summed E-state index contributed by atoms with van der Waals surface area (Å²) in [6.07, 6.45) is 7.93. The molecule has 0 amide bonds. The van der Waals surface area contributed by atoms with E-state index in [1.54, 1.807) is 6.20 Å². The molecule has 2 rings (SSSR count). The molecule has 2 atom stereocenters. The number of aliphatic hydroxyl groups is 1. The molecule has 0 bridgehead atoms. The summed E-state index contributed by atoms with van der Waals surface area (Å²) in [6.45, 7) is 0. The van der Waals surface area contributed by atoms with E-state index in [2.05, 4.69) is 4.98 Å². The quantitative estimate of drug-likeness (QED) is 0.710. The van der Waals surface area contributed by atoms with Crippen LogP contribution in [-0.4, -0.2) is 20.8 Å². The fourth-order valence-corrected chi connectivity index (χ4v) is 2.15. The highest BCUT2D eigenvalue weighted by Crippen LogP contribution is 2.31. The fraction of sp³-hybridized carbons (Fsp3) is 0.700. The van der Waals surface area contributed by atoms with Gasteiger partial charge in [0.1, 0.15) is 5.82 Å². The Morgan fingerprint density at radius 3 is 2.85 bits per heavy atom. The molecule has 1 fully saturated rings. The highest BCUT2D eigenvalue weighted by Gasteiger charge is 2.27. The molecular weight excluding hydrogens is 164 g/mol. The molecule has 13 heavy (non-hydrogen) atoms. The lowest BCUT2D eigenvalue weighted by Gasteiger charge is -2.26. The molecule has 3 nitrogen and oxygen atoms in total. The Bertz CT molecular complexity index is 282. The van der Waals surface area contributed by atoms with Gasteiger partial charge in [0.05, 0.1) is 6.10 Å². The Balaban J connectivity index is 2.19. The molecule has 0 unspecified atom stereocenters. The molecule has 72 valence electrons. The van der Waals surface area contributed by atoms with Gasteiger partial charge in [0, 0.05) is 25.4 Å². The van der Waals surface area contributed by atoms with E-state index in [0.29, 0.717) is 0 Å². The molecule has 1 aromatic heterocycles. The zero-order valence-corrected chi connectivity index (χ0v) is 7.98. The molecule has 0 aliphatic heterocycles. The monoisotopic (exact) mass is 180 g/mol. The second-order valence-electron chi connectivity index (χ2n) is 3.85. The van der Waals surface area contributed by atoms with E-state index in [0.717, 1.165) is 25.1 Å². The molecule has 0 aromatic carbocycles. The maximum atomic E-state index is 9.81. The first-order valence-electron chi connectivity index (χ1n) is 4.94. The topological polar surface area (TPSA) is 38.0 Å². The van der Waals surface area contributed by atoms with Crippen molar-refractivity contribution < 1.29 is 5.11 Å². The van der Waals surface area contributed by atoms with Gasteiger partial charge in [-0.3, -0.25) is 0 Å². The standard InChI is InChI=1S/C10H16N2O/c1-12-7-6-11-10(12)8-4-2-3-5-9(8)13/h6-9,13H,2-5H2,1H3/t8-,9-/m0/s1. The van der Waals surface area contributed by atoms with Crippen molar-refractivity contribution in [2.45, 2.75) is 37.7 Å². The van der Waals surface area contributed by atoms with Gasteiger partial charge in [-0.15, -0.1) is 0 Å². The van der Waals surface area contributed by atoms with Gasteiger partial charge in [-0.05, 0) is 12.8 Å². The van der Waals surface area contributed by atoms with Crippen LogP contribution in [0.15, 0.2) is 12.4 Å². The molecule has 1 aliphatic rings. The number of rotatable bonds is 1. The SMILES string of the molecule is Cn1ccnc1[C@H]1CCCC[C@@H]1O. The van der Waals surface area contributed by atoms with Gasteiger partial charge in [-0.2, -0.15) is 0 Å². The van der Waals surface area contributed by atoms with E-state index < -0.39 is 0 Å². The number of aryl methyl sites for hydroxylation is 1. The lowest BCUT2D eigenvalue weighted by Crippen LogP contribution is -2.24. The third-order valence-corrected chi connectivity index (χ3v) is 2.92. The van der Waals surface area contributed by atoms with Crippen molar-refractivity contribution in [3.8, 4) is 0 Å². The van der Waals surface area contributed by atoms with Crippen molar-refractivity contribution in [1.82, 2.24) is 9.55 Å². The van der Waals surface area contributed by atoms with Crippen molar-refractivity contribution in [2.75, 3.05) is 0 Å². The van der Waals surface area contributed by atoms with Crippen LogP contribution in [0, 0.1) is 0 Å². The van der Waals surface area contributed by atoms with Crippen LogP contribution in [0.25, 0.3) is 0 Å². The number of aromatic nitrogens is 2. The summed E-state index contributed by atoms with van der Waals surface area (Å²) in [5.74, 6) is 1.29. The molecule has 1 N–H and O–H groups in total. The fourth-order valence-electron chi connectivity index (χ4n) is 2.15. The number of imidazole rings is 1. The summed E-state index contributed by atoms with van der Waals surface area (Å²) in [6, 6.07) is 0. The van der Waals surface area contributed by atoms with Gasteiger partial charge in [0.15, 0.2) is 0 Å². The summed E-state index contributed by atoms with van der Waals surface area (Å²) >= 11 is 0. The minimum Gasteiger partial charge on any atom is -0.392 e.